The lowest BCUT2D eigenvalue weighted by molar-refractivity contribution is 0.262. The highest BCUT2D eigenvalue weighted by molar-refractivity contribution is 7.13. The van der Waals surface area contributed by atoms with E-state index >= 15 is 0 Å². The van der Waals surface area contributed by atoms with Gasteiger partial charge in [0.25, 0.3) is 0 Å². The number of anilines is 2. The van der Waals surface area contributed by atoms with Crippen LogP contribution < -0.4 is 10.6 Å². The number of amides is 2. The van der Waals surface area contributed by atoms with Gasteiger partial charge in [0.1, 0.15) is 0 Å². The Hall–Kier alpha value is -1.88. The lowest BCUT2D eigenvalue weighted by atomic mass is 9.90. The van der Waals surface area contributed by atoms with E-state index in [2.05, 4.69) is 21.7 Å². The average molecular weight is 273 g/mol. The average Bonchev–Trinajstić information content (AvgIpc) is 2.92. The number of urea groups is 1. The maximum Gasteiger partial charge on any atom is 0.325 e. The molecule has 4 nitrogen and oxygen atoms in total. The van der Waals surface area contributed by atoms with E-state index in [4.69, 9.17) is 0 Å². The third kappa shape index (κ3) is 2.76. The summed E-state index contributed by atoms with van der Waals surface area (Å²) >= 11 is 1.41. The van der Waals surface area contributed by atoms with Crippen LogP contribution in [0.25, 0.3) is 0 Å². The fraction of sp³-hybridized carbons (Fsp3) is 0.286. The van der Waals surface area contributed by atoms with Crippen LogP contribution in [0.3, 0.4) is 0 Å². The number of carbonyl (C=O) groups is 1. The Kier molecular flexibility index (Phi) is 3.46. The van der Waals surface area contributed by atoms with Gasteiger partial charge in [0.2, 0.25) is 0 Å². The van der Waals surface area contributed by atoms with Crippen molar-refractivity contribution in [3.8, 4) is 0 Å². The molecule has 0 fully saturated rings. The van der Waals surface area contributed by atoms with Crippen LogP contribution in [0, 0.1) is 0 Å². The van der Waals surface area contributed by atoms with Gasteiger partial charge in [0.05, 0.1) is 0 Å². The summed E-state index contributed by atoms with van der Waals surface area (Å²) in [5.41, 5.74) is 3.56. The van der Waals surface area contributed by atoms with Gasteiger partial charge >= 0.3 is 6.03 Å². The molecule has 1 aromatic heterocycles. The molecule has 2 N–H and O–H groups in total. The number of hydrogen-bond acceptors (Lipinski definition) is 3. The molecule has 0 saturated carbocycles. The van der Waals surface area contributed by atoms with Gasteiger partial charge in [-0.25, -0.2) is 9.78 Å². The molecule has 19 heavy (non-hydrogen) atoms. The molecular formula is C14H15N3OS. The monoisotopic (exact) mass is 273 g/mol. The first-order chi connectivity index (χ1) is 9.33. The third-order valence-electron chi connectivity index (χ3n) is 3.30. The highest BCUT2D eigenvalue weighted by Crippen LogP contribution is 2.27. The molecule has 0 aliphatic heterocycles. The molecule has 5 heteroatoms. The molecule has 1 heterocycles. The molecule has 98 valence electrons. The molecule has 0 radical (unpaired) electrons. The van der Waals surface area contributed by atoms with Crippen LogP contribution in [0.4, 0.5) is 15.6 Å². The van der Waals surface area contributed by atoms with Gasteiger partial charge in [-0.2, -0.15) is 0 Å². The van der Waals surface area contributed by atoms with E-state index in [1.807, 2.05) is 17.5 Å². The number of nitrogens with zero attached hydrogens (tertiary/aromatic N) is 1. The zero-order chi connectivity index (χ0) is 13.1. The van der Waals surface area contributed by atoms with Crippen LogP contribution in [0.1, 0.15) is 24.0 Å². The molecule has 3 rings (SSSR count). The third-order valence-corrected chi connectivity index (χ3v) is 3.99. The number of nitrogens with one attached hydrogen (secondary N) is 2. The summed E-state index contributed by atoms with van der Waals surface area (Å²) in [4.78, 5) is 15.9. The first kappa shape index (κ1) is 12.2. The van der Waals surface area contributed by atoms with Crippen molar-refractivity contribution in [3.05, 3.63) is 40.9 Å². The molecular weight excluding hydrogens is 258 g/mol. The van der Waals surface area contributed by atoms with E-state index in [9.17, 15) is 4.79 Å². The SMILES string of the molecule is O=C(Nc1nccs1)Nc1cccc2c1CCCC2. The fourth-order valence-electron chi connectivity index (χ4n) is 2.43. The second-order valence-electron chi connectivity index (χ2n) is 4.57. The van der Waals surface area contributed by atoms with Crippen molar-refractivity contribution in [1.29, 1.82) is 0 Å². The van der Waals surface area contributed by atoms with Crippen molar-refractivity contribution in [2.45, 2.75) is 25.7 Å². The van der Waals surface area contributed by atoms with E-state index in [0.717, 1.165) is 18.5 Å². The van der Waals surface area contributed by atoms with Crippen molar-refractivity contribution in [1.82, 2.24) is 4.98 Å². The van der Waals surface area contributed by atoms with Crippen molar-refractivity contribution >= 4 is 28.2 Å². The van der Waals surface area contributed by atoms with Crippen LogP contribution in [-0.2, 0) is 12.8 Å². The molecule has 2 amide bonds. The van der Waals surface area contributed by atoms with Gasteiger partial charge < -0.3 is 5.32 Å². The zero-order valence-electron chi connectivity index (χ0n) is 10.5. The number of thiazole rings is 1. The van der Waals surface area contributed by atoms with E-state index in [0.29, 0.717) is 5.13 Å². The Morgan fingerprint density at radius 2 is 2.11 bits per heavy atom. The van der Waals surface area contributed by atoms with Gasteiger partial charge in [0.15, 0.2) is 5.13 Å². The van der Waals surface area contributed by atoms with Crippen LogP contribution >= 0.6 is 11.3 Å². The lowest BCUT2D eigenvalue weighted by Crippen LogP contribution is -2.21. The number of hydrogen-bond donors (Lipinski definition) is 2. The molecule has 1 aliphatic carbocycles. The summed E-state index contributed by atoms with van der Waals surface area (Å²) in [5.74, 6) is 0. The van der Waals surface area contributed by atoms with E-state index in [1.54, 1.807) is 6.20 Å². The molecule has 0 bridgehead atoms. The molecule has 2 aromatic rings. The van der Waals surface area contributed by atoms with E-state index in [1.165, 1.54) is 35.3 Å². The molecule has 0 saturated heterocycles. The zero-order valence-corrected chi connectivity index (χ0v) is 11.3. The summed E-state index contributed by atoms with van der Waals surface area (Å²) in [5, 5.41) is 8.11. The molecule has 0 unspecified atom stereocenters. The number of rotatable bonds is 2. The predicted molar refractivity (Wildman–Crippen MR) is 77.8 cm³/mol. The van der Waals surface area contributed by atoms with Crippen molar-refractivity contribution in [3.63, 3.8) is 0 Å². The highest BCUT2D eigenvalue weighted by atomic mass is 32.1. The van der Waals surface area contributed by atoms with E-state index in [-0.39, 0.29) is 6.03 Å². The summed E-state index contributed by atoms with van der Waals surface area (Å²) in [7, 11) is 0. The minimum Gasteiger partial charge on any atom is -0.307 e. The number of benzene rings is 1. The second kappa shape index (κ2) is 5.40. The quantitative estimate of drug-likeness (QED) is 0.877. The van der Waals surface area contributed by atoms with Crippen molar-refractivity contribution < 1.29 is 4.79 Å². The van der Waals surface area contributed by atoms with Gasteiger partial charge in [-0.1, -0.05) is 12.1 Å². The Balaban J connectivity index is 1.74. The van der Waals surface area contributed by atoms with Crippen molar-refractivity contribution in [2.75, 3.05) is 10.6 Å². The van der Waals surface area contributed by atoms with Gasteiger partial charge in [-0.3, -0.25) is 5.32 Å². The fourth-order valence-corrected chi connectivity index (χ4v) is 2.96. The summed E-state index contributed by atoms with van der Waals surface area (Å²) < 4.78 is 0. The molecule has 0 spiro atoms. The van der Waals surface area contributed by atoms with Gasteiger partial charge in [-0.05, 0) is 42.9 Å². The second-order valence-corrected chi connectivity index (χ2v) is 5.46. The first-order valence-corrected chi connectivity index (χ1v) is 7.29. The minimum atomic E-state index is -0.228. The lowest BCUT2D eigenvalue weighted by Gasteiger charge is -2.19. The number of fused-ring (bicyclic) bond motifs is 1. The van der Waals surface area contributed by atoms with E-state index < -0.39 is 0 Å². The molecule has 1 aliphatic rings. The Morgan fingerprint density at radius 1 is 1.21 bits per heavy atom. The summed E-state index contributed by atoms with van der Waals surface area (Å²) in [6.45, 7) is 0. The molecule has 1 aromatic carbocycles. The van der Waals surface area contributed by atoms with Gasteiger partial charge in [0, 0.05) is 17.3 Å². The minimum absolute atomic E-state index is 0.228. The number of aryl methyl sites for hydroxylation is 1. The van der Waals surface area contributed by atoms with Crippen LogP contribution in [-0.4, -0.2) is 11.0 Å². The summed E-state index contributed by atoms with van der Waals surface area (Å²) in [6, 6.07) is 5.89. The smallest absolute Gasteiger partial charge is 0.307 e. The standard InChI is InChI=1S/C14H15N3OS/c18-13(17-14-15-8-9-19-14)16-12-7-3-5-10-4-1-2-6-11(10)12/h3,5,7-9H,1-2,4,6H2,(H2,15,16,17,18). The maximum absolute atomic E-state index is 11.9. The van der Waals surface area contributed by atoms with Crippen molar-refractivity contribution in [2.24, 2.45) is 0 Å². The number of carbonyl (C=O) groups excluding carboxylic acids is 1. The maximum atomic E-state index is 11.9. The first-order valence-electron chi connectivity index (χ1n) is 6.41. The van der Waals surface area contributed by atoms with Crippen LogP contribution in [0.2, 0.25) is 0 Å². The largest absolute Gasteiger partial charge is 0.325 e. The van der Waals surface area contributed by atoms with Crippen LogP contribution in [0.5, 0.6) is 0 Å². The Bertz CT molecular complexity index is 580. The Labute approximate surface area is 115 Å². The number of aromatic nitrogens is 1. The normalized spacial score (nSPS) is 13.7. The Morgan fingerprint density at radius 3 is 2.95 bits per heavy atom. The topological polar surface area (TPSA) is 54.0 Å². The summed E-state index contributed by atoms with van der Waals surface area (Å²) in [6.07, 6.45) is 6.26. The predicted octanol–water partition coefficient (Wildman–Crippen LogP) is 3.67. The highest BCUT2D eigenvalue weighted by Gasteiger charge is 2.14. The van der Waals surface area contributed by atoms with Crippen LogP contribution in [0.15, 0.2) is 29.8 Å². The molecule has 0 atom stereocenters. The van der Waals surface area contributed by atoms with Gasteiger partial charge in [-0.15, -0.1) is 11.3 Å².